The summed E-state index contributed by atoms with van der Waals surface area (Å²) in [7, 11) is 0. The second kappa shape index (κ2) is 8.74. The maximum atomic E-state index is 12.3. The molecule has 0 radical (unpaired) electrons. The minimum atomic E-state index is -0.195. The molecule has 1 aromatic heterocycles. The molecule has 6 heteroatoms. The van der Waals surface area contributed by atoms with Crippen molar-refractivity contribution in [2.24, 2.45) is 4.99 Å². The Morgan fingerprint density at radius 1 is 1.35 bits per heavy atom. The second-order valence-corrected chi connectivity index (χ2v) is 6.95. The lowest BCUT2D eigenvalue weighted by Gasteiger charge is -2.16. The highest BCUT2D eigenvalue weighted by molar-refractivity contribution is 5.88. The molecule has 2 amide bonds. The summed E-state index contributed by atoms with van der Waals surface area (Å²) in [6.45, 7) is 4.09. The standard InChI is InChI=1S/C20H27N5O/c1-3-4-8-14(2)19-23-17(16-11-7-12-21-16)13-18(24-19)25-20(26)22-15-9-5-6-10-15/h3-4,7,11-16H,5-6,8-10H2,1-2H3,(H2,22,23,24,25,26)/b4-3-. The van der Waals surface area contributed by atoms with Gasteiger partial charge in [0, 0.05) is 24.2 Å². The van der Waals surface area contributed by atoms with Gasteiger partial charge in [0.05, 0.1) is 5.69 Å². The molecule has 1 aliphatic carbocycles. The predicted molar refractivity (Wildman–Crippen MR) is 105 cm³/mol. The molecule has 1 saturated carbocycles. The average Bonchev–Trinajstić information content (AvgIpc) is 3.33. The normalized spacial score (nSPS) is 20.8. The van der Waals surface area contributed by atoms with Crippen LogP contribution >= 0.6 is 0 Å². The van der Waals surface area contributed by atoms with E-state index in [-0.39, 0.29) is 24.0 Å². The second-order valence-electron chi connectivity index (χ2n) is 6.95. The highest BCUT2D eigenvalue weighted by atomic mass is 16.2. The van der Waals surface area contributed by atoms with Crippen molar-refractivity contribution in [1.82, 2.24) is 15.3 Å². The molecule has 26 heavy (non-hydrogen) atoms. The van der Waals surface area contributed by atoms with Gasteiger partial charge >= 0.3 is 6.03 Å². The molecule has 2 N–H and O–H groups in total. The van der Waals surface area contributed by atoms with Crippen molar-refractivity contribution in [2.45, 2.75) is 64.0 Å². The van der Waals surface area contributed by atoms with Gasteiger partial charge in [-0.15, -0.1) is 0 Å². The molecular weight excluding hydrogens is 326 g/mol. The molecule has 1 aliphatic heterocycles. The van der Waals surface area contributed by atoms with E-state index in [1.54, 1.807) is 6.21 Å². The van der Waals surface area contributed by atoms with Crippen molar-refractivity contribution in [3.63, 3.8) is 0 Å². The molecule has 0 aromatic carbocycles. The number of nitrogens with one attached hydrogen (secondary N) is 2. The molecule has 2 atom stereocenters. The third-order valence-electron chi connectivity index (χ3n) is 4.79. The minimum Gasteiger partial charge on any atom is -0.335 e. The number of hydrogen-bond donors (Lipinski definition) is 2. The lowest BCUT2D eigenvalue weighted by molar-refractivity contribution is 0.248. The summed E-state index contributed by atoms with van der Waals surface area (Å²) in [4.78, 5) is 26.0. The van der Waals surface area contributed by atoms with Crippen LogP contribution in [-0.4, -0.2) is 28.3 Å². The van der Waals surface area contributed by atoms with Gasteiger partial charge in [-0.25, -0.2) is 14.8 Å². The number of nitrogens with zero attached hydrogens (tertiary/aromatic N) is 3. The summed E-state index contributed by atoms with van der Waals surface area (Å²) in [6, 6.07) is 1.78. The van der Waals surface area contributed by atoms with Crippen molar-refractivity contribution in [1.29, 1.82) is 0 Å². The number of urea groups is 1. The van der Waals surface area contributed by atoms with Gasteiger partial charge < -0.3 is 5.32 Å². The van der Waals surface area contributed by atoms with Crippen molar-refractivity contribution in [3.8, 4) is 0 Å². The Balaban J connectivity index is 1.77. The number of carbonyl (C=O) groups excluding carboxylic acids is 1. The fourth-order valence-electron chi connectivity index (χ4n) is 3.30. The molecule has 0 bridgehead atoms. The molecule has 6 nitrogen and oxygen atoms in total. The first-order valence-electron chi connectivity index (χ1n) is 9.43. The summed E-state index contributed by atoms with van der Waals surface area (Å²) in [6.07, 6.45) is 15.1. The number of aromatic nitrogens is 2. The molecule has 0 spiro atoms. The van der Waals surface area contributed by atoms with E-state index < -0.39 is 0 Å². The Morgan fingerprint density at radius 2 is 2.15 bits per heavy atom. The zero-order valence-corrected chi connectivity index (χ0v) is 15.5. The first-order valence-corrected chi connectivity index (χ1v) is 9.43. The van der Waals surface area contributed by atoms with Crippen LogP contribution in [-0.2, 0) is 0 Å². The van der Waals surface area contributed by atoms with E-state index in [0.29, 0.717) is 5.82 Å². The van der Waals surface area contributed by atoms with Gasteiger partial charge in [0.2, 0.25) is 0 Å². The van der Waals surface area contributed by atoms with Gasteiger partial charge in [0.1, 0.15) is 17.7 Å². The molecule has 138 valence electrons. The summed E-state index contributed by atoms with van der Waals surface area (Å²) >= 11 is 0. The van der Waals surface area contributed by atoms with Crippen molar-refractivity contribution in [3.05, 3.63) is 41.9 Å². The van der Waals surface area contributed by atoms with Gasteiger partial charge in [0.15, 0.2) is 0 Å². The smallest absolute Gasteiger partial charge is 0.320 e. The van der Waals surface area contributed by atoms with Gasteiger partial charge in [0.25, 0.3) is 0 Å². The number of hydrogen-bond acceptors (Lipinski definition) is 4. The molecule has 3 rings (SSSR count). The molecule has 1 fully saturated rings. The van der Waals surface area contributed by atoms with E-state index in [1.807, 2.05) is 31.2 Å². The summed E-state index contributed by atoms with van der Waals surface area (Å²) in [5.41, 5.74) is 0.809. The quantitative estimate of drug-likeness (QED) is 0.749. The van der Waals surface area contributed by atoms with Crippen LogP contribution in [0, 0.1) is 0 Å². The molecule has 1 aromatic rings. The van der Waals surface area contributed by atoms with Crippen molar-refractivity contribution < 1.29 is 4.79 Å². The summed E-state index contributed by atoms with van der Waals surface area (Å²) < 4.78 is 0. The minimum absolute atomic E-state index is 0.107. The van der Waals surface area contributed by atoms with E-state index in [0.717, 1.165) is 30.8 Å². The monoisotopic (exact) mass is 353 g/mol. The maximum absolute atomic E-state index is 12.3. The lowest BCUT2D eigenvalue weighted by atomic mass is 10.1. The lowest BCUT2D eigenvalue weighted by Crippen LogP contribution is -2.36. The Bertz CT molecular complexity index is 707. The van der Waals surface area contributed by atoms with E-state index >= 15 is 0 Å². The molecule has 2 unspecified atom stereocenters. The highest BCUT2D eigenvalue weighted by Gasteiger charge is 2.20. The number of anilines is 1. The Hall–Kier alpha value is -2.50. The predicted octanol–water partition coefficient (Wildman–Crippen LogP) is 4.29. The van der Waals surface area contributed by atoms with Crippen LogP contribution in [0.5, 0.6) is 0 Å². The number of carbonyl (C=O) groups is 1. The van der Waals surface area contributed by atoms with E-state index in [4.69, 9.17) is 4.98 Å². The Labute approximate surface area is 154 Å². The third-order valence-corrected chi connectivity index (χ3v) is 4.79. The van der Waals surface area contributed by atoms with Crippen LogP contribution in [0.1, 0.15) is 69.4 Å². The van der Waals surface area contributed by atoms with Crippen molar-refractivity contribution >= 4 is 18.1 Å². The SMILES string of the molecule is C/C=C\CC(C)c1nc(NC(=O)NC2CCCC2)cc(C2C=CC=N2)n1. The molecular formula is C20H27N5O. The maximum Gasteiger partial charge on any atom is 0.320 e. The summed E-state index contributed by atoms with van der Waals surface area (Å²) in [5.74, 6) is 1.43. The van der Waals surface area contributed by atoms with E-state index in [2.05, 4.69) is 33.6 Å². The molecule has 2 aliphatic rings. The summed E-state index contributed by atoms with van der Waals surface area (Å²) in [5, 5.41) is 5.92. The number of allylic oxidation sites excluding steroid dienone is 3. The Morgan fingerprint density at radius 3 is 2.85 bits per heavy atom. The first kappa shape index (κ1) is 18.3. The first-order chi connectivity index (χ1) is 12.7. The largest absolute Gasteiger partial charge is 0.335 e. The van der Waals surface area contributed by atoms with Gasteiger partial charge in [-0.1, -0.05) is 38.0 Å². The zero-order chi connectivity index (χ0) is 18.4. The number of rotatable bonds is 6. The van der Waals surface area contributed by atoms with Crippen LogP contribution in [0.2, 0.25) is 0 Å². The van der Waals surface area contributed by atoms with Crippen LogP contribution in [0.3, 0.4) is 0 Å². The van der Waals surface area contributed by atoms with E-state index in [1.165, 1.54) is 12.8 Å². The van der Waals surface area contributed by atoms with Crippen LogP contribution < -0.4 is 10.6 Å². The van der Waals surface area contributed by atoms with Crippen LogP contribution in [0.4, 0.5) is 10.6 Å². The molecule has 0 saturated heterocycles. The van der Waals surface area contributed by atoms with Crippen LogP contribution in [0.25, 0.3) is 0 Å². The van der Waals surface area contributed by atoms with Crippen molar-refractivity contribution in [2.75, 3.05) is 5.32 Å². The zero-order valence-electron chi connectivity index (χ0n) is 15.5. The molecule has 2 heterocycles. The third kappa shape index (κ3) is 4.77. The highest BCUT2D eigenvalue weighted by Crippen LogP contribution is 2.25. The van der Waals surface area contributed by atoms with Gasteiger partial charge in [-0.2, -0.15) is 0 Å². The Kier molecular flexibility index (Phi) is 6.15. The van der Waals surface area contributed by atoms with Gasteiger partial charge in [-0.3, -0.25) is 10.3 Å². The topological polar surface area (TPSA) is 79.3 Å². The van der Waals surface area contributed by atoms with E-state index in [9.17, 15) is 4.79 Å². The number of aliphatic imine (C=N–C) groups is 1. The van der Waals surface area contributed by atoms with Crippen LogP contribution in [0.15, 0.2) is 35.4 Å². The average molecular weight is 353 g/mol. The fraction of sp³-hybridized carbons (Fsp3) is 0.500. The van der Waals surface area contributed by atoms with Gasteiger partial charge in [-0.05, 0) is 32.3 Å². The fourth-order valence-corrected chi connectivity index (χ4v) is 3.30. The number of amides is 2.